The van der Waals surface area contributed by atoms with E-state index in [4.69, 9.17) is 22.1 Å². The Bertz CT molecular complexity index is 1890. The van der Waals surface area contributed by atoms with Crippen LogP contribution < -0.4 is 15.2 Å². The molecule has 0 aliphatic rings. The molecule has 0 radical (unpaired) electrons. The SMILES string of the molecule is CC[C@H](c1cc(OC)c(-c2c(-n3cc(C(F)(F)F)nn3)ccc(Cl)c2F)c[n+]1[O-])n1cc(-c2ccc(C(N)=O)c(F)c2)cn1. The second-order valence-corrected chi connectivity index (χ2v) is 9.91. The van der Waals surface area contributed by atoms with E-state index in [1.54, 1.807) is 13.1 Å². The summed E-state index contributed by atoms with van der Waals surface area (Å²) in [7, 11) is 1.27. The molecule has 0 spiro atoms. The molecule has 228 valence electrons. The second kappa shape index (κ2) is 11.6. The van der Waals surface area contributed by atoms with E-state index in [1.807, 2.05) is 0 Å². The second-order valence-electron chi connectivity index (χ2n) is 9.50. The van der Waals surface area contributed by atoms with Crippen molar-refractivity contribution in [1.29, 1.82) is 0 Å². The molecule has 3 heterocycles. The smallest absolute Gasteiger partial charge is 0.436 e. The zero-order valence-electron chi connectivity index (χ0n) is 22.8. The van der Waals surface area contributed by atoms with Crippen molar-refractivity contribution in [3.8, 4) is 33.7 Å². The number of benzene rings is 2. The van der Waals surface area contributed by atoms with E-state index in [0.29, 0.717) is 28.5 Å². The van der Waals surface area contributed by atoms with Crippen LogP contribution in [0.3, 0.4) is 0 Å². The number of primary amides is 1. The molecule has 5 rings (SSSR count). The minimum Gasteiger partial charge on any atom is -0.618 e. The number of aromatic nitrogens is 6. The summed E-state index contributed by atoms with van der Waals surface area (Å²) in [5, 5.41) is 24.0. The van der Waals surface area contributed by atoms with Crippen molar-refractivity contribution in [2.24, 2.45) is 5.73 Å². The molecule has 2 aromatic carbocycles. The molecule has 0 bridgehead atoms. The molecule has 2 N–H and O–H groups in total. The first-order valence-corrected chi connectivity index (χ1v) is 13.1. The van der Waals surface area contributed by atoms with Crippen molar-refractivity contribution in [1.82, 2.24) is 24.8 Å². The van der Waals surface area contributed by atoms with Crippen LogP contribution in [-0.4, -0.2) is 37.8 Å². The molecule has 44 heavy (non-hydrogen) atoms. The minimum atomic E-state index is -4.80. The summed E-state index contributed by atoms with van der Waals surface area (Å²) in [6, 6.07) is 6.92. The van der Waals surface area contributed by atoms with Gasteiger partial charge in [-0.3, -0.25) is 9.48 Å². The number of rotatable bonds is 8. The summed E-state index contributed by atoms with van der Waals surface area (Å²) in [6.07, 6.45) is 0.154. The summed E-state index contributed by atoms with van der Waals surface area (Å²) < 4.78 is 77.6. The first kappa shape index (κ1) is 30.4. The lowest BCUT2D eigenvalue weighted by molar-refractivity contribution is -0.615. The number of ether oxygens (including phenoxy) is 1. The van der Waals surface area contributed by atoms with Crippen molar-refractivity contribution in [2.75, 3.05) is 7.11 Å². The van der Waals surface area contributed by atoms with Gasteiger partial charge >= 0.3 is 6.18 Å². The quantitative estimate of drug-likeness (QED) is 0.137. The van der Waals surface area contributed by atoms with Gasteiger partial charge < -0.3 is 15.7 Å². The van der Waals surface area contributed by atoms with Crippen molar-refractivity contribution in [3.05, 3.63) is 100 Å². The highest BCUT2D eigenvalue weighted by Gasteiger charge is 2.35. The standard InChI is InChI=1S/C28H21ClF5N7O3/c1-3-20(39-11-15(10-36-39)14-4-5-16(27(35)42)19(30)8-14)22-9-23(44-2)17(12-41(22)43)25-21(7-6-18(29)26(25)31)40-13-24(37-38-40)28(32,33)34/h4-13,20H,3H2,1-2H3,(H2,35,42)/t20-/m1/s1. The lowest BCUT2D eigenvalue weighted by atomic mass is 10.0. The van der Waals surface area contributed by atoms with Gasteiger partial charge in [0, 0.05) is 11.8 Å². The van der Waals surface area contributed by atoms with Crippen LogP contribution >= 0.6 is 11.6 Å². The maximum atomic E-state index is 15.5. The molecular weight excluding hydrogens is 613 g/mol. The number of nitrogens with zero attached hydrogens (tertiary/aromatic N) is 6. The summed E-state index contributed by atoms with van der Waals surface area (Å²) in [5.41, 5.74) is 3.96. The number of hydrogen-bond acceptors (Lipinski definition) is 6. The molecule has 5 aromatic rings. The Morgan fingerprint density at radius 3 is 2.52 bits per heavy atom. The van der Waals surface area contributed by atoms with Gasteiger partial charge in [0.1, 0.15) is 17.6 Å². The number of carbonyl (C=O) groups excluding carboxylic acids is 1. The molecule has 0 saturated heterocycles. The van der Waals surface area contributed by atoms with Gasteiger partial charge in [0.25, 0.3) is 5.91 Å². The molecule has 1 atom stereocenters. The largest absolute Gasteiger partial charge is 0.618 e. The van der Waals surface area contributed by atoms with Gasteiger partial charge in [-0.05, 0) is 36.2 Å². The first-order valence-electron chi connectivity index (χ1n) is 12.8. The maximum Gasteiger partial charge on any atom is 0.436 e. The third-order valence-electron chi connectivity index (χ3n) is 6.85. The normalized spacial score (nSPS) is 12.4. The van der Waals surface area contributed by atoms with Crippen molar-refractivity contribution in [3.63, 3.8) is 0 Å². The summed E-state index contributed by atoms with van der Waals surface area (Å²) in [5.74, 6) is -2.75. The van der Waals surface area contributed by atoms with E-state index in [9.17, 15) is 27.6 Å². The summed E-state index contributed by atoms with van der Waals surface area (Å²) in [4.78, 5) is 11.4. The van der Waals surface area contributed by atoms with E-state index in [2.05, 4.69) is 15.4 Å². The molecular formula is C28H21ClF5N7O3. The van der Waals surface area contributed by atoms with Gasteiger partial charge in [-0.15, -0.1) is 5.10 Å². The predicted octanol–water partition coefficient (Wildman–Crippen LogP) is 5.49. The van der Waals surface area contributed by atoms with Crippen LogP contribution in [0.25, 0.3) is 27.9 Å². The molecule has 10 nitrogen and oxygen atoms in total. The van der Waals surface area contributed by atoms with E-state index in [1.165, 1.54) is 42.3 Å². The van der Waals surface area contributed by atoms with Gasteiger partial charge in [0.2, 0.25) is 5.69 Å². The Kier molecular flexibility index (Phi) is 7.99. The zero-order valence-corrected chi connectivity index (χ0v) is 23.6. The van der Waals surface area contributed by atoms with Gasteiger partial charge in [0.05, 0.1) is 53.0 Å². The topological polar surface area (TPSA) is 128 Å². The molecule has 1 amide bonds. The van der Waals surface area contributed by atoms with Crippen LogP contribution in [0.2, 0.25) is 5.02 Å². The van der Waals surface area contributed by atoms with E-state index in [-0.39, 0.29) is 38.8 Å². The highest BCUT2D eigenvalue weighted by Crippen LogP contribution is 2.40. The Labute approximate surface area is 250 Å². The number of hydrogen-bond donors (Lipinski definition) is 1. The fraction of sp³-hybridized carbons (Fsp3) is 0.179. The highest BCUT2D eigenvalue weighted by molar-refractivity contribution is 6.31. The number of amides is 1. The number of methoxy groups -OCH3 is 1. The third-order valence-corrected chi connectivity index (χ3v) is 7.15. The number of alkyl halides is 3. The van der Waals surface area contributed by atoms with Gasteiger partial charge in [-0.2, -0.15) is 23.0 Å². The fourth-order valence-corrected chi connectivity index (χ4v) is 4.87. The van der Waals surface area contributed by atoms with Crippen molar-refractivity contribution < 1.29 is 36.2 Å². The average molecular weight is 634 g/mol. The summed E-state index contributed by atoms with van der Waals surface area (Å²) >= 11 is 6.02. The highest BCUT2D eigenvalue weighted by atomic mass is 35.5. The number of halogens is 6. The molecule has 0 unspecified atom stereocenters. The van der Waals surface area contributed by atoms with Crippen molar-refractivity contribution in [2.45, 2.75) is 25.6 Å². The number of carbonyl (C=O) groups is 1. The lowest BCUT2D eigenvalue weighted by Gasteiger charge is -2.19. The van der Waals surface area contributed by atoms with Gasteiger partial charge in [-0.25, -0.2) is 13.5 Å². The molecule has 0 aliphatic carbocycles. The Morgan fingerprint density at radius 2 is 1.91 bits per heavy atom. The first-order chi connectivity index (χ1) is 20.8. The zero-order chi connectivity index (χ0) is 31.9. The average Bonchev–Trinajstić information content (AvgIpc) is 3.66. The predicted molar refractivity (Wildman–Crippen MR) is 147 cm³/mol. The minimum absolute atomic E-state index is 0.000572. The van der Waals surface area contributed by atoms with E-state index < -0.39 is 35.5 Å². The third kappa shape index (κ3) is 5.53. The van der Waals surface area contributed by atoms with Gasteiger partial charge in [-0.1, -0.05) is 29.8 Å². The van der Waals surface area contributed by atoms with Crippen molar-refractivity contribution >= 4 is 17.5 Å². The number of nitrogens with two attached hydrogens (primary N) is 1. The molecule has 0 fully saturated rings. The van der Waals surface area contributed by atoms with Crippen LogP contribution in [0.1, 0.15) is 41.1 Å². The Balaban J connectivity index is 1.58. The molecule has 3 aromatic heterocycles. The van der Waals surface area contributed by atoms with Crippen LogP contribution in [0.5, 0.6) is 5.75 Å². The van der Waals surface area contributed by atoms with Gasteiger partial charge in [0.15, 0.2) is 17.7 Å². The summed E-state index contributed by atoms with van der Waals surface area (Å²) in [6.45, 7) is 1.78. The Hall–Kier alpha value is -5.05. The van der Waals surface area contributed by atoms with Crippen LogP contribution in [-0.2, 0) is 6.18 Å². The van der Waals surface area contributed by atoms with Crippen LogP contribution in [0.4, 0.5) is 22.0 Å². The Morgan fingerprint density at radius 1 is 1.16 bits per heavy atom. The van der Waals surface area contributed by atoms with Crippen LogP contribution in [0, 0.1) is 16.8 Å². The molecule has 16 heteroatoms. The number of pyridine rings is 1. The van der Waals surface area contributed by atoms with E-state index in [0.717, 1.165) is 23.0 Å². The molecule has 0 aliphatic heterocycles. The van der Waals surface area contributed by atoms with E-state index >= 15 is 4.39 Å². The maximum absolute atomic E-state index is 15.5. The van der Waals surface area contributed by atoms with Crippen LogP contribution in [0.15, 0.2) is 61.2 Å². The monoisotopic (exact) mass is 633 g/mol. The lowest BCUT2D eigenvalue weighted by Crippen LogP contribution is -2.35. The fourth-order valence-electron chi connectivity index (χ4n) is 4.71. The molecule has 0 saturated carbocycles.